The molecule has 0 aliphatic heterocycles. The summed E-state index contributed by atoms with van der Waals surface area (Å²) in [6.07, 6.45) is 3.91. The van der Waals surface area contributed by atoms with Gasteiger partial charge in [0.2, 0.25) is 0 Å². The van der Waals surface area contributed by atoms with Crippen molar-refractivity contribution in [1.82, 2.24) is 14.5 Å². The van der Waals surface area contributed by atoms with E-state index in [2.05, 4.69) is 46.6 Å². The van der Waals surface area contributed by atoms with Gasteiger partial charge in [0.1, 0.15) is 11.9 Å². The van der Waals surface area contributed by atoms with E-state index in [9.17, 15) is 5.26 Å². The number of allylic oxidation sites excluding steroid dienone is 1. The lowest BCUT2D eigenvalue weighted by Gasteiger charge is -2.09. The molecule has 0 radical (unpaired) electrons. The van der Waals surface area contributed by atoms with E-state index in [4.69, 9.17) is 23.2 Å². The van der Waals surface area contributed by atoms with Gasteiger partial charge < -0.3 is 9.55 Å². The van der Waals surface area contributed by atoms with E-state index in [1.165, 1.54) is 11.1 Å². The predicted molar refractivity (Wildman–Crippen MR) is 137 cm³/mol. The number of hydrogen-bond acceptors (Lipinski definition) is 2. The molecule has 4 nitrogen and oxygen atoms in total. The molecular weight excluding hydrogens is 451 g/mol. The first-order valence-corrected chi connectivity index (χ1v) is 11.3. The molecule has 1 N–H and O–H groups in total. The van der Waals surface area contributed by atoms with Crippen molar-refractivity contribution in [2.24, 2.45) is 0 Å². The van der Waals surface area contributed by atoms with E-state index < -0.39 is 0 Å². The van der Waals surface area contributed by atoms with Crippen LogP contribution in [0.15, 0.2) is 60.8 Å². The maximum absolute atomic E-state index is 9.94. The van der Waals surface area contributed by atoms with E-state index in [0.29, 0.717) is 28.0 Å². The molecule has 3 aromatic carbocycles. The van der Waals surface area contributed by atoms with E-state index in [-0.39, 0.29) is 0 Å². The zero-order valence-electron chi connectivity index (χ0n) is 18.2. The van der Waals surface area contributed by atoms with Crippen molar-refractivity contribution in [3.8, 4) is 6.07 Å². The van der Waals surface area contributed by atoms with Crippen LogP contribution in [-0.2, 0) is 6.54 Å². The average molecular weight is 471 g/mol. The minimum atomic E-state index is 0.472. The van der Waals surface area contributed by atoms with Crippen molar-refractivity contribution >= 4 is 56.8 Å². The third kappa shape index (κ3) is 3.91. The molecule has 0 bridgehead atoms. The Morgan fingerprint density at radius 1 is 1.06 bits per heavy atom. The lowest BCUT2D eigenvalue weighted by atomic mass is 10.1. The topological polar surface area (TPSA) is 57.4 Å². The summed E-state index contributed by atoms with van der Waals surface area (Å²) in [5.41, 5.74) is 7.42. The van der Waals surface area contributed by atoms with Crippen LogP contribution >= 0.6 is 23.2 Å². The Kier molecular flexibility index (Phi) is 5.46. The van der Waals surface area contributed by atoms with Crippen LogP contribution < -0.4 is 0 Å². The summed E-state index contributed by atoms with van der Waals surface area (Å²) in [4.78, 5) is 7.97. The molecule has 0 atom stereocenters. The van der Waals surface area contributed by atoms with Gasteiger partial charge in [-0.05, 0) is 61.4 Å². The highest BCUT2D eigenvalue weighted by Gasteiger charge is 2.14. The van der Waals surface area contributed by atoms with E-state index in [1.807, 2.05) is 54.7 Å². The van der Waals surface area contributed by atoms with Gasteiger partial charge in [0.15, 0.2) is 0 Å². The lowest BCUT2D eigenvalue weighted by molar-refractivity contribution is 0.836. The maximum atomic E-state index is 9.94. The summed E-state index contributed by atoms with van der Waals surface area (Å²) in [5.74, 6) is 0.559. The molecular formula is C27H20Cl2N4. The van der Waals surface area contributed by atoms with Crippen molar-refractivity contribution in [2.75, 3.05) is 0 Å². The molecule has 0 aliphatic carbocycles. The first-order valence-electron chi connectivity index (χ1n) is 10.5. The van der Waals surface area contributed by atoms with Crippen molar-refractivity contribution < 1.29 is 0 Å². The van der Waals surface area contributed by atoms with Gasteiger partial charge in [0.05, 0.1) is 23.2 Å². The SMILES string of the molecule is Cc1cc2nc(/C(C#N)=C\c3cn(Cc4c(Cl)cccc4Cl)c4ccccc34)[nH]c2cc1C. The second-order valence-corrected chi connectivity index (χ2v) is 8.95. The number of benzene rings is 3. The minimum absolute atomic E-state index is 0.472. The first-order chi connectivity index (χ1) is 15.9. The molecule has 0 unspecified atom stereocenters. The monoisotopic (exact) mass is 470 g/mol. The fourth-order valence-electron chi connectivity index (χ4n) is 4.08. The number of fused-ring (bicyclic) bond motifs is 2. The number of nitrogens with zero attached hydrogens (tertiary/aromatic N) is 3. The first kappa shape index (κ1) is 21.3. The van der Waals surface area contributed by atoms with E-state index in [1.54, 1.807) is 0 Å². The van der Waals surface area contributed by atoms with Gasteiger partial charge in [-0.15, -0.1) is 0 Å². The Morgan fingerprint density at radius 3 is 2.55 bits per heavy atom. The predicted octanol–water partition coefficient (Wildman–Crippen LogP) is 7.55. The van der Waals surface area contributed by atoms with Crippen LogP contribution in [0.1, 0.15) is 28.1 Å². The Bertz CT molecular complexity index is 1540. The van der Waals surface area contributed by atoms with Crippen LogP contribution in [0.25, 0.3) is 33.6 Å². The summed E-state index contributed by atoms with van der Waals surface area (Å²) in [7, 11) is 0. The molecule has 0 saturated carbocycles. The molecule has 0 fully saturated rings. The van der Waals surface area contributed by atoms with Crippen molar-refractivity contribution in [3.05, 3.63) is 98.9 Å². The molecule has 2 heterocycles. The third-order valence-corrected chi connectivity index (χ3v) is 6.69. The van der Waals surface area contributed by atoms with Gasteiger partial charge in [0, 0.05) is 38.3 Å². The smallest absolute Gasteiger partial charge is 0.149 e. The molecule has 33 heavy (non-hydrogen) atoms. The quantitative estimate of drug-likeness (QED) is 0.275. The van der Waals surface area contributed by atoms with Gasteiger partial charge in [-0.25, -0.2) is 4.98 Å². The Morgan fingerprint density at radius 2 is 1.79 bits per heavy atom. The third-order valence-electron chi connectivity index (χ3n) is 5.98. The highest BCUT2D eigenvalue weighted by molar-refractivity contribution is 6.36. The number of nitrogens with one attached hydrogen (secondary N) is 1. The molecule has 0 amide bonds. The van der Waals surface area contributed by atoms with Crippen LogP contribution in [0.4, 0.5) is 0 Å². The number of nitriles is 1. The van der Waals surface area contributed by atoms with Gasteiger partial charge in [0.25, 0.3) is 0 Å². The Labute approximate surface area is 201 Å². The number of H-pyrrole nitrogens is 1. The largest absolute Gasteiger partial charge is 0.342 e. The molecule has 162 valence electrons. The lowest BCUT2D eigenvalue weighted by Crippen LogP contribution is -1.99. The molecule has 0 aliphatic rings. The van der Waals surface area contributed by atoms with Gasteiger partial charge in [-0.1, -0.05) is 47.5 Å². The minimum Gasteiger partial charge on any atom is -0.342 e. The maximum Gasteiger partial charge on any atom is 0.149 e. The second kappa shape index (κ2) is 8.44. The number of aromatic nitrogens is 3. The highest BCUT2D eigenvalue weighted by atomic mass is 35.5. The van der Waals surface area contributed by atoms with Crippen molar-refractivity contribution in [3.63, 3.8) is 0 Å². The van der Waals surface area contributed by atoms with Crippen molar-refractivity contribution in [2.45, 2.75) is 20.4 Å². The molecule has 5 rings (SSSR count). The second-order valence-electron chi connectivity index (χ2n) is 8.14. The summed E-state index contributed by atoms with van der Waals surface area (Å²) in [6, 6.07) is 20.0. The number of para-hydroxylation sites is 1. The van der Waals surface area contributed by atoms with Crippen LogP contribution in [0.3, 0.4) is 0 Å². The summed E-state index contributed by atoms with van der Waals surface area (Å²) in [5, 5.41) is 12.2. The Hall–Kier alpha value is -3.52. The zero-order chi connectivity index (χ0) is 23.1. The number of hydrogen-bond donors (Lipinski definition) is 1. The van der Waals surface area contributed by atoms with E-state index >= 15 is 0 Å². The fraction of sp³-hybridized carbons (Fsp3) is 0.111. The molecule has 5 aromatic rings. The van der Waals surface area contributed by atoms with Gasteiger partial charge in [-0.3, -0.25) is 0 Å². The summed E-state index contributed by atoms with van der Waals surface area (Å²) in [6.45, 7) is 4.65. The number of aryl methyl sites for hydroxylation is 2. The summed E-state index contributed by atoms with van der Waals surface area (Å²) >= 11 is 12.8. The number of rotatable bonds is 4. The average Bonchev–Trinajstić information content (AvgIpc) is 3.36. The van der Waals surface area contributed by atoms with Crippen LogP contribution in [0, 0.1) is 25.2 Å². The van der Waals surface area contributed by atoms with Gasteiger partial charge in [-0.2, -0.15) is 5.26 Å². The fourth-order valence-corrected chi connectivity index (χ4v) is 4.60. The number of aromatic amines is 1. The molecule has 0 spiro atoms. The number of halogens is 2. The van der Waals surface area contributed by atoms with Crippen LogP contribution in [-0.4, -0.2) is 14.5 Å². The Balaban J connectivity index is 1.62. The van der Waals surface area contributed by atoms with Crippen LogP contribution in [0.2, 0.25) is 10.0 Å². The molecule has 2 aromatic heterocycles. The number of imidazole rings is 1. The molecule has 0 saturated heterocycles. The normalized spacial score (nSPS) is 11.9. The standard InChI is InChI=1S/C27H20Cl2N4/c1-16-10-24-25(11-17(16)2)32-27(31-24)18(13-30)12-19-14-33(26-9-4-3-6-20(19)26)15-21-22(28)7-5-8-23(21)29/h3-12,14H,15H2,1-2H3,(H,31,32)/b18-12-. The highest BCUT2D eigenvalue weighted by Crippen LogP contribution is 2.30. The zero-order valence-corrected chi connectivity index (χ0v) is 19.7. The molecule has 6 heteroatoms. The summed E-state index contributed by atoms with van der Waals surface area (Å²) < 4.78 is 2.11. The van der Waals surface area contributed by atoms with Crippen LogP contribution in [0.5, 0.6) is 0 Å². The van der Waals surface area contributed by atoms with Crippen molar-refractivity contribution in [1.29, 1.82) is 5.26 Å². The van der Waals surface area contributed by atoms with Gasteiger partial charge >= 0.3 is 0 Å². The van der Waals surface area contributed by atoms with E-state index in [0.717, 1.165) is 33.1 Å².